The van der Waals surface area contributed by atoms with Crippen molar-refractivity contribution < 1.29 is 18.7 Å². The van der Waals surface area contributed by atoms with Crippen LogP contribution in [0.3, 0.4) is 0 Å². The van der Waals surface area contributed by atoms with E-state index in [0.29, 0.717) is 34.4 Å². The molecule has 2 heterocycles. The molecule has 1 N–H and O–H groups in total. The van der Waals surface area contributed by atoms with Crippen molar-refractivity contribution in [2.45, 2.75) is 12.1 Å². The van der Waals surface area contributed by atoms with E-state index < -0.39 is 0 Å². The molecule has 1 saturated heterocycles. The van der Waals surface area contributed by atoms with Crippen LogP contribution >= 0.6 is 0 Å². The topological polar surface area (TPSA) is 50.8 Å². The normalized spacial score (nSPS) is 19.3. The van der Waals surface area contributed by atoms with Gasteiger partial charge in [-0.25, -0.2) is 4.39 Å². The van der Waals surface area contributed by atoms with Gasteiger partial charge < -0.3 is 19.7 Å². The van der Waals surface area contributed by atoms with Gasteiger partial charge in [0.25, 0.3) is 5.91 Å². The van der Waals surface area contributed by atoms with Crippen LogP contribution in [0, 0.1) is 5.82 Å². The smallest absolute Gasteiger partial charge is 0.256 e. The highest BCUT2D eigenvalue weighted by Crippen LogP contribution is 2.41. The van der Waals surface area contributed by atoms with Gasteiger partial charge in [-0.1, -0.05) is 36.4 Å². The molecular weight excluding hydrogens is 407 g/mol. The standard InChI is InChI=1S/C26H23FN2O3/c1-31-23-12-9-16(14-24(23)32-2)21-15-29(25-19(21)8-5-13-28-25)26(30)20-10-11-22(27)18-7-4-3-6-17(18)20/h3-14,21,25,28H,15H2,1-2H3. The molecule has 0 saturated carbocycles. The van der Waals surface area contributed by atoms with Crippen molar-refractivity contribution in [2.24, 2.45) is 0 Å². The summed E-state index contributed by atoms with van der Waals surface area (Å²) in [6.45, 7) is 0.491. The highest BCUT2D eigenvalue weighted by molar-refractivity contribution is 6.07. The first-order valence-corrected chi connectivity index (χ1v) is 10.4. The minimum atomic E-state index is -0.332. The molecule has 3 aromatic rings. The lowest BCUT2D eigenvalue weighted by Gasteiger charge is -2.27. The van der Waals surface area contributed by atoms with Crippen LogP contribution < -0.4 is 14.8 Å². The SMILES string of the molecule is COc1ccc(C2CN(C(=O)c3ccc(F)c4ccccc34)C3NC=CC=C23)cc1OC. The van der Waals surface area contributed by atoms with Crippen LogP contribution in [0.15, 0.2) is 78.5 Å². The lowest BCUT2D eigenvalue weighted by Crippen LogP contribution is -2.44. The van der Waals surface area contributed by atoms with Crippen LogP contribution in [0.1, 0.15) is 21.8 Å². The van der Waals surface area contributed by atoms with Crippen LogP contribution in [-0.4, -0.2) is 37.7 Å². The summed E-state index contributed by atoms with van der Waals surface area (Å²) in [5.74, 6) is 0.833. The number of benzene rings is 3. The summed E-state index contributed by atoms with van der Waals surface area (Å²) >= 11 is 0. The molecule has 6 heteroatoms. The summed E-state index contributed by atoms with van der Waals surface area (Å²) < 4.78 is 25.2. The number of methoxy groups -OCH3 is 2. The number of carbonyl (C=O) groups excluding carboxylic acids is 1. The van der Waals surface area contributed by atoms with Crippen molar-refractivity contribution in [3.8, 4) is 11.5 Å². The van der Waals surface area contributed by atoms with E-state index in [9.17, 15) is 9.18 Å². The molecule has 0 radical (unpaired) electrons. The Morgan fingerprint density at radius 1 is 1.03 bits per heavy atom. The van der Waals surface area contributed by atoms with Crippen molar-refractivity contribution >= 4 is 16.7 Å². The van der Waals surface area contributed by atoms with Crippen LogP contribution in [0.5, 0.6) is 11.5 Å². The van der Waals surface area contributed by atoms with E-state index in [1.54, 1.807) is 38.5 Å². The van der Waals surface area contributed by atoms with Gasteiger partial charge in [-0.2, -0.15) is 0 Å². The number of nitrogens with zero attached hydrogens (tertiary/aromatic N) is 1. The van der Waals surface area contributed by atoms with E-state index in [-0.39, 0.29) is 23.8 Å². The van der Waals surface area contributed by atoms with Gasteiger partial charge in [-0.05, 0) is 53.1 Å². The number of hydrogen-bond donors (Lipinski definition) is 1. The number of amides is 1. The van der Waals surface area contributed by atoms with Crippen molar-refractivity contribution in [1.82, 2.24) is 10.2 Å². The molecule has 5 rings (SSSR count). The van der Waals surface area contributed by atoms with Crippen molar-refractivity contribution in [3.63, 3.8) is 0 Å². The molecule has 162 valence electrons. The fourth-order valence-corrected chi connectivity index (χ4v) is 4.65. The van der Waals surface area contributed by atoms with E-state index in [4.69, 9.17) is 9.47 Å². The number of rotatable bonds is 4. The Morgan fingerprint density at radius 2 is 1.81 bits per heavy atom. The largest absolute Gasteiger partial charge is 0.493 e. The summed E-state index contributed by atoms with van der Waals surface area (Å²) in [5, 5.41) is 4.38. The first-order valence-electron chi connectivity index (χ1n) is 10.4. The summed E-state index contributed by atoms with van der Waals surface area (Å²) in [4.78, 5) is 15.5. The predicted octanol–water partition coefficient (Wildman–Crippen LogP) is 4.61. The minimum absolute atomic E-state index is 0.00656. The molecular formula is C26H23FN2O3. The first kappa shape index (κ1) is 20.1. The molecule has 1 fully saturated rings. The van der Waals surface area contributed by atoms with Crippen molar-refractivity contribution in [1.29, 1.82) is 0 Å². The lowest BCUT2D eigenvalue weighted by atomic mass is 9.91. The number of carbonyl (C=O) groups is 1. The van der Waals surface area contributed by atoms with Crippen LogP contribution in [-0.2, 0) is 0 Å². The van der Waals surface area contributed by atoms with Gasteiger partial charge in [0.2, 0.25) is 0 Å². The summed E-state index contributed by atoms with van der Waals surface area (Å²) in [6.07, 6.45) is 5.57. The summed E-state index contributed by atoms with van der Waals surface area (Å²) in [5.41, 5.74) is 2.63. The van der Waals surface area contributed by atoms with Crippen molar-refractivity contribution in [3.05, 3.63) is 95.5 Å². The van der Waals surface area contributed by atoms with Gasteiger partial charge >= 0.3 is 0 Å². The molecule has 2 aliphatic rings. The van der Waals surface area contributed by atoms with Gasteiger partial charge in [-0.15, -0.1) is 0 Å². The van der Waals surface area contributed by atoms with Gasteiger partial charge in [0, 0.05) is 23.4 Å². The first-order chi connectivity index (χ1) is 15.6. The van der Waals surface area contributed by atoms with Gasteiger partial charge in [0.15, 0.2) is 11.5 Å². The molecule has 0 spiro atoms. The fraction of sp³-hybridized carbons (Fsp3) is 0.192. The maximum absolute atomic E-state index is 14.3. The number of hydrogen-bond acceptors (Lipinski definition) is 4. The highest BCUT2D eigenvalue weighted by Gasteiger charge is 2.41. The molecule has 3 aromatic carbocycles. The second-order valence-corrected chi connectivity index (χ2v) is 7.86. The summed E-state index contributed by atoms with van der Waals surface area (Å²) in [7, 11) is 3.22. The third-order valence-electron chi connectivity index (χ3n) is 6.22. The summed E-state index contributed by atoms with van der Waals surface area (Å²) in [6, 6.07) is 15.9. The van der Waals surface area contributed by atoms with Gasteiger partial charge in [0.05, 0.1) is 14.2 Å². The number of likely N-dealkylation sites (tertiary alicyclic amines) is 1. The molecule has 2 aliphatic heterocycles. The zero-order valence-corrected chi connectivity index (χ0v) is 17.8. The van der Waals surface area contributed by atoms with E-state index in [0.717, 1.165) is 11.1 Å². The lowest BCUT2D eigenvalue weighted by molar-refractivity contribution is 0.0734. The quantitative estimate of drug-likeness (QED) is 0.657. The molecule has 0 bridgehead atoms. The number of ether oxygens (including phenoxy) is 2. The molecule has 0 aliphatic carbocycles. The third-order valence-corrected chi connectivity index (χ3v) is 6.22. The zero-order valence-electron chi connectivity index (χ0n) is 17.8. The maximum Gasteiger partial charge on any atom is 0.256 e. The van der Waals surface area contributed by atoms with E-state index in [1.807, 2.05) is 41.4 Å². The molecule has 1 amide bonds. The average molecular weight is 430 g/mol. The Labute approximate surface area is 185 Å². The fourth-order valence-electron chi connectivity index (χ4n) is 4.65. The number of allylic oxidation sites excluding steroid dienone is 2. The Balaban J connectivity index is 1.55. The van der Waals surface area contributed by atoms with Gasteiger partial charge in [-0.3, -0.25) is 4.79 Å². The van der Waals surface area contributed by atoms with E-state index >= 15 is 0 Å². The molecule has 0 aromatic heterocycles. The zero-order chi connectivity index (χ0) is 22.2. The molecule has 5 nitrogen and oxygen atoms in total. The molecule has 2 atom stereocenters. The van der Waals surface area contributed by atoms with Crippen LogP contribution in [0.4, 0.5) is 4.39 Å². The van der Waals surface area contributed by atoms with E-state index in [1.165, 1.54) is 6.07 Å². The molecule has 2 unspecified atom stereocenters. The Bertz CT molecular complexity index is 1270. The van der Waals surface area contributed by atoms with Crippen LogP contribution in [0.25, 0.3) is 10.8 Å². The number of fused-ring (bicyclic) bond motifs is 2. The highest BCUT2D eigenvalue weighted by atomic mass is 19.1. The number of dihydropyridines is 1. The third kappa shape index (κ3) is 3.19. The number of nitrogens with one attached hydrogen (secondary N) is 1. The Hall–Kier alpha value is -3.80. The second-order valence-electron chi connectivity index (χ2n) is 7.86. The predicted molar refractivity (Wildman–Crippen MR) is 121 cm³/mol. The van der Waals surface area contributed by atoms with E-state index in [2.05, 4.69) is 11.4 Å². The van der Waals surface area contributed by atoms with Gasteiger partial charge in [0.1, 0.15) is 12.0 Å². The second kappa shape index (κ2) is 8.04. The minimum Gasteiger partial charge on any atom is -0.493 e. The Morgan fingerprint density at radius 3 is 2.59 bits per heavy atom. The maximum atomic E-state index is 14.3. The number of halogens is 1. The molecule has 32 heavy (non-hydrogen) atoms. The Kier molecular flexibility index (Phi) is 5.05. The van der Waals surface area contributed by atoms with Crippen LogP contribution in [0.2, 0.25) is 0 Å². The van der Waals surface area contributed by atoms with Crippen molar-refractivity contribution in [2.75, 3.05) is 20.8 Å². The average Bonchev–Trinajstić information content (AvgIpc) is 3.23. The monoisotopic (exact) mass is 430 g/mol.